The summed E-state index contributed by atoms with van der Waals surface area (Å²) in [5.74, 6) is 0.714. The maximum absolute atomic E-state index is 12.2. The lowest BCUT2D eigenvalue weighted by atomic mass is 9.94. The van der Waals surface area contributed by atoms with Crippen molar-refractivity contribution in [3.05, 3.63) is 30.1 Å². The highest BCUT2D eigenvalue weighted by atomic mass is 16.2. The minimum Gasteiger partial charge on any atom is -0.370 e. The van der Waals surface area contributed by atoms with Gasteiger partial charge in [-0.25, -0.2) is 4.98 Å². The van der Waals surface area contributed by atoms with E-state index in [9.17, 15) is 9.59 Å². The number of primary amides is 1. The molecular formula is C16H21N5O2. The van der Waals surface area contributed by atoms with Gasteiger partial charge in [0.2, 0.25) is 11.8 Å². The summed E-state index contributed by atoms with van der Waals surface area (Å²) in [5.41, 5.74) is 7.18. The lowest BCUT2D eigenvalue weighted by molar-refractivity contribution is -0.134. The quantitative estimate of drug-likeness (QED) is 0.911. The third-order valence-electron chi connectivity index (χ3n) is 4.41. The van der Waals surface area contributed by atoms with E-state index in [4.69, 9.17) is 5.73 Å². The first kappa shape index (κ1) is 15.5. The number of fused-ring (bicyclic) bond motifs is 1. The Morgan fingerprint density at radius 1 is 1.30 bits per heavy atom. The zero-order chi connectivity index (χ0) is 16.4. The molecule has 1 aliphatic rings. The molecule has 1 fully saturated rings. The number of hydrogen-bond acceptors (Lipinski definition) is 4. The van der Waals surface area contributed by atoms with Crippen molar-refractivity contribution in [1.29, 1.82) is 0 Å². The van der Waals surface area contributed by atoms with Crippen LogP contribution in [0.2, 0.25) is 0 Å². The molecule has 2 aromatic heterocycles. The summed E-state index contributed by atoms with van der Waals surface area (Å²) in [4.78, 5) is 33.6. The van der Waals surface area contributed by atoms with Gasteiger partial charge in [0.05, 0.1) is 17.9 Å². The van der Waals surface area contributed by atoms with E-state index in [0.29, 0.717) is 6.54 Å². The Morgan fingerprint density at radius 3 is 2.91 bits per heavy atom. The number of nitrogens with two attached hydrogens (primary N) is 1. The number of aryl methyl sites for hydroxylation is 1. The van der Waals surface area contributed by atoms with Crippen LogP contribution in [0, 0.1) is 6.92 Å². The summed E-state index contributed by atoms with van der Waals surface area (Å²) in [5, 5.41) is 0. The fourth-order valence-electron chi connectivity index (χ4n) is 3.26. The Labute approximate surface area is 134 Å². The molecule has 7 heteroatoms. The van der Waals surface area contributed by atoms with Crippen molar-refractivity contribution in [3.8, 4) is 0 Å². The van der Waals surface area contributed by atoms with Crippen LogP contribution >= 0.6 is 0 Å². The molecule has 0 bridgehead atoms. The number of carbonyl (C=O) groups excluding carboxylic acids is 2. The Hall–Kier alpha value is -2.44. The molecule has 3 rings (SSSR count). The highest BCUT2D eigenvalue weighted by Crippen LogP contribution is 2.28. The van der Waals surface area contributed by atoms with Gasteiger partial charge in [0.1, 0.15) is 5.82 Å². The van der Waals surface area contributed by atoms with Crippen molar-refractivity contribution in [1.82, 2.24) is 19.3 Å². The Kier molecular flexibility index (Phi) is 4.27. The predicted octanol–water partition coefficient (Wildman–Crippen LogP) is 1.01. The molecule has 2 N–H and O–H groups in total. The maximum Gasteiger partial charge on any atom is 0.223 e. The Bertz CT molecular complexity index is 739. The Balaban J connectivity index is 1.79. The zero-order valence-corrected chi connectivity index (χ0v) is 13.2. The second-order valence-corrected chi connectivity index (χ2v) is 6.04. The van der Waals surface area contributed by atoms with E-state index in [0.717, 1.165) is 36.4 Å². The van der Waals surface area contributed by atoms with Gasteiger partial charge in [0.25, 0.3) is 0 Å². The van der Waals surface area contributed by atoms with Gasteiger partial charge in [-0.15, -0.1) is 0 Å². The van der Waals surface area contributed by atoms with Crippen LogP contribution in [0.3, 0.4) is 0 Å². The SMILES string of the molecule is Cc1ncc2cncc(C3CCCN(C(=O)CCC(N)=O)C3)n12. The molecular weight excluding hydrogens is 294 g/mol. The number of piperidine rings is 1. The smallest absolute Gasteiger partial charge is 0.223 e. The molecule has 7 nitrogen and oxygen atoms in total. The van der Waals surface area contributed by atoms with Gasteiger partial charge >= 0.3 is 0 Å². The largest absolute Gasteiger partial charge is 0.370 e. The minimum atomic E-state index is -0.435. The molecule has 0 spiro atoms. The second-order valence-electron chi connectivity index (χ2n) is 6.04. The van der Waals surface area contributed by atoms with Crippen LogP contribution in [0.1, 0.15) is 43.1 Å². The molecule has 3 heterocycles. The van der Waals surface area contributed by atoms with E-state index in [1.807, 2.05) is 24.2 Å². The van der Waals surface area contributed by atoms with Gasteiger partial charge in [0, 0.05) is 43.7 Å². The van der Waals surface area contributed by atoms with Crippen molar-refractivity contribution < 1.29 is 9.59 Å². The number of amides is 2. The summed E-state index contributed by atoms with van der Waals surface area (Å²) >= 11 is 0. The topological polar surface area (TPSA) is 93.6 Å². The molecule has 1 atom stereocenters. The lowest BCUT2D eigenvalue weighted by Crippen LogP contribution is -2.39. The van der Waals surface area contributed by atoms with Crippen molar-refractivity contribution in [3.63, 3.8) is 0 Å². The molecule has 122 valence electrons. The number of likely N-dealkylation sites (tertiary alicyclic amines) is 1. The molecule has 0 radical (unpaired) electrons. The van der Waals surface area contributed by atoms with Crippen LogP contribution in [-0.4, -0.2) is 44.2 Å². The van der Waals surface area contributed by atoms with E-state index in [-0.39, 0.29) is 24.7 Å². The fourth-order valence-corrected chi connectivity index (χ4v) is 3.26. The lowest BCUT2D eigenvalue weighted by Gasteiger charge is -2.33. The number of hydrogen-bond donors (Lipinski definition) is 1. The monoisotopic (exact) mass is 315 g/mol. The van der Waals surface area contributed by atoms with E-state index >= 15 is 0 Å². The van der Waals surface area contributed by atoms with Gasteiger partial charge in [-0.1, -0.05) is 0 Å². The summed E-state index contributed by atoms with van der Waals surface area (Å²) in [6.45, 7) is 3.35. The van der Waals surface area contributed by atoms with Crippen molar-refractivity contribution in [2.24, 2.45) is 5.73 Å². The second kappa shape index (κ2) is 6.36. The van der Waals surface area contributed by atoms with E-state index in [1.54, 1.807) is 6.20 Å². The molecule has 1 saturated heterocycles. The number of aromatic nitrogens is 3. The van der Waals surface area contributed by atoms with E-state index in [2.05, 4.69) is 14.4 Å². The third-order valence-corrected chi connectivity index (χ3v) is 4.41. The summed E-state index contributed by atoms with van der Waals surface area (Å²) in [6, 6.07) is 0. The molecule has 0 aliphatic carbocycles. The average Bonchev–Trinajstić information content (AvgIpc) is 2.94. The Morgan fingerprint density at radius 2 is 2.13 bits per heavy atom. The van der Waals surface area contributed by atoms with Crippen LogP contribution in [0.5, 0.6) is 0 Å². The number of carbonyl (C=O) groups is 2. The molecule has 1 unspecified atom stereocenters. The molecule has 2 amide bonds. The highest BCUT2D eigenvalue weighted by molar-refractivity contribution is 5.83. The fraction of sp³-hybridized carbons (Fsp3) is 0.500. The van der Waals surface area contributed by atoms with Crippen molar-refractivity contribution in [2.75, 3.05) is 13.1 Å². The van der Waals surface area contributed by atoms with Crippen LogP contribution in [0.15, 0.2) is 18.6 Å². The first-order valence-corrected chi connectivity index (χ1v) is 7.90. The predicted molar refractivity (Wildman–Crippen MR) is 84.7 cm³/mol. The summed E-state index contributed by atoms with van der Waals surface area (Å²) in [7, 11) is 0. The van der Waals surface area contributed by atoms with E-state index in [1.165, 1.54) is 0 Å². The van der Waals surface area contributed by atoms with Gasteiger partial charge < -0.3 is 10.6 Å². The zero-order valence-electron chi connectivity index (χ0n) is 13.2. The van der Waals surface area contributed by atoms with Crippen LogP contribution in [-0.2, 0) is 9.59 Å². The number of nitrogens with zero attached hydrogens (tertiary/aromatic N) is 4. The minimum absolute atomic E-state index is 0.00372. The maximum atomic E-state index is 12.2. The molecule has 0 aromatic carbocycles. The standard InChI is InChI=1S/C16H21N5O2/c1-11-19-8-13-7-18-9-14(21(11)13)12-3-2-6-20(10-12)16(23)5-4-15(17)22/h7-9,12H,2-6,10H2,1H3,(H2,17,22). The number of rotatable bonds is 4. The highest BCUT2D eigenvalue weighted by Gasteiger charge is 2.26. The first-order valence-electron chi connectivity index (χ1n) is 7.90. The first-order chi connectivity index (χ1) is 11.1. The average molecular weight is 315 g/mol. The van der Waals surface area contributed by atoms with Crippen molar-refractivity contribution in [2.45, 2.75) is 38.5 Å². The van der Waals surface area contributed by atoms with Crippen molar-refractivity contribution >= 4 is 17.3 Å². The molecule has 2 aromatic rings. The van der Waals surface area contributed by atoms with Gasteiger partial charge in [-0.3, -0.25) is 19.0 Å². The van der Waals surface area contributed by atoms with Crippen LogP contribution < -0.4 is 5.73 Å². The normalized spacial score (nSPS) is 18.3. The summed E-state index contributed by atoms with van der Waals surface area (Å²) < 4.78 is 2.11. The van der Waals surface area contributed by atoms with Gasteiger partial charge in [-0.2, -0.15) is 0 Å². The molecule has 1 aliphatic heterocycles. The van der Waals surface area contributed by atoms with Crippen LogP contribution in [0.25, 0.3) is 5.52 Å². The molecule has 23 heavy (non-hydrogen) atoms. The van der Waals surface area contributed by atoms with Crippen LogP contribution in [0.4, 0.5) is 0 Å². The molecule has 0 saturated carbocycles. The van der Waals surface area contributed by atoms with Gasteiger partial charge in [-0.05, 0) is 19.8 Å². The summed E-state index contributed by atoms with van der Waals surface area (Å²) in [6.07, 6.45) is 7.72. The number of imidazole rings is 1. The third kappa shape index (κ3) is 3.18. The van der Waals surface area contributed by atoms with E-state index < -0.39 is 5.91 Å². The van der Waals surface area contributed by atoms with Gasteiger partial charge in [0.15, 0.2) is 0 Å².